The Morgan fingerprint density at radius 3 is 2.65 bits per heavy atom. The van der Waals surface area contributed by atoms with Gasteiger partial charge in [0.05, 0.1) is 5.88 Å². The number of nitrogens with one attached hydrogen (secondary N) is 1. The monoisotopic (exact) mass is 321 g/mol. The molecule has 5 nitrogen and oxygen atoms in total. The molecule has 3 atom stereocenters. The number of thioether (sulfide) groups is 1. The van der Waals surface area contributed by atoms with E-state index in [2.05, 4.69) is 19.2 Å². The van der Waals surface area contributed by atoms with Gasteiger partial charge in [-0.25, -0.2) is 0 Å². The number of amides is 2. The summed E-state index contributed by atoms with van der Waals surface area (Å²) in [7, 11) is 0. The Hall–Kier alpha value is -0.460. The molecule has 2 rings (SSSR count). The van der Waals surface area contributed by atoms with Crippen LogP contribution in [0.3, 0.4) is 0 Å². The van der Waals surface area contributed by atoms with Crippen LogP contribution in [0.2, 0.25) is 0 Å². The highest BCUT2D eigenvalue weighted by Crippen LogP contribution is 2.24. The van der Waals surface area contributed by atoms with Gasteiger partial charge in [-0.1, -0.05) is 6.92 Å². The zero-order valence-electron chi connectivity index (χ0n) is 12.3. The maximum atomic E-state index is 12.7. The summed E-state index contributed by atoms with van der Waals surface area (Å²) >= 11 is 1.67. The molecule has 2 aliphatic rings. The SMILES string of the molecule is CCC(=O)N1CSCC1C(=O)N1CCNC(C)C1C.Cl. The molecule has 2 heterocycles. The first kappa shape index (κ1) is 17.6. The summed E-state index contributed by atoms with van der Waals surface area (Å²) in [6.07, 6.45) is 0.470. The molecular formula is C13H24ClN3O2S. The summed E-state index contributed by atoms with van der Waals surface area (Å²) in [5, 5.41) is 3.37. The van der Waals surface area contributed by atoms with E-state index < -0.39 is 0 Å². The molecule has 20 heavy (non-hydrogen) atoms. The predicted molar refractivity (Wildman–Crippen MR) is 84.1 cm³/mol. The van der Waals surface area contributed by atoms with Crippen molar-refractivity contribution in [2.24, 2.45) is 0 Å². The molecule has 0 aromatic heterocycles. The van der Waals surface area contributed by atoms with Crippen LogP contribution >= 0.6 is 24.2 Å². The lowest BCUT2D eigenvalue weighted by Crippen LogP contribution is -2.61. The molecule has 2 amide bonds. The Kier molecular flexibility index (Phi) is 6.61. The Morgan fingerprint density at radius 2 is 2.00 bits per heavy atom. The minimum absolute atomic E-state index is 0. The standard InChI is InChI=1S/C13H23N3O2S.ClH/c1-4-12(17)16-8-19-7-11(16)13(18)15-6-5-14-9(2)10(15)3;/h9-11,14H,4-8H2,1-3H3;1H. The van der Waals surface area contributed by atoms with Gasteiger partial charge in [0.2, 0.25) is 11.8 Å². The van der Waals surface area contributed by atoms with Crippen LogP contribution in [-0.2, 0) is 9.59 Å². The van der Waals surface area contributed by atoms with E-state index in [4.69, 9.17) is 0 Å². The van der Waals surface area contributed by atoms with Crippen molar-refractivity contribution in [3.63, 3.8) is 0 Å². The Morgan fingerprint density at radius 1 is 1.30 bits per heavy atom. The summed E-state index contributed by atoms with van der Waals surface area (Å²) in [5.41, 5.74) is 0. The zero-order chi connectivity index (χ0) is 14.0. The van der Waals surface area contributed by atoms with E-state index >= 15 is 0 Å². The van der Waals surface area contributed by atoms with Crippen LogP contribution in [0.15, 0.2) is 0 Å². The number of piperazine rings is 1. The molecule has 7 heteroatoms. The average Bonchev–Trinajstić information content (AvgIpc) is 2.89. The summed E-state index contributed by atoms with van der Waals surface area (Å²) in [6.45, 7) is 7.59. The number of nitrogens with zero attached hydrogens (tertiary/aromatic N) is 2. The zero-order valence-corrected chi connectivity index (χ0v) is 13.9. The van der Waals surface area contributed by atoms with Gasteiger partial charge in [0.25, 0.3) is 0 Å². The van der Waals surface area contributed by atoms with Gasteiger partial charge in [0.1, 0.15) is 6.04 Å². The number of carbonyl (C=O) groups is 2. The highest BCUT2D eigenvalue weighted by atomic mass is 35.5. The Balaban J connectivity index is 0.00000200. The number of halogens is 1. The third kappa shape index (κ3) is 3.40. The van der Waals surface area contributed by atoms with E-state index in [-0.39, 0.29) is 36.3 Å². The second-order valence-electron chi connectivity index (χ2n) is 5.25. The van der Waals surface area contributed by atoms with Gasteiger partial charge in [-0.2, -0.15) is 0 Å². The molecule has 2 fully saturated rings. The van der Waals surface area contributed by atoms with Crippen LogP contribution < -0.4 is 5.32 Å². The first-order chi connectivity index (χ1) is 9.06. The van der Waals surface area contributed by atoms with Gasteiger partial charge < -0.3 is 15.1 Å². The molecule has 0 spiro atoms. The van der Waals surface area contributed by atoms with Gasteiger partial charge in [0, 0.05) is 37.3 Å². The topological polar surface area (TPSA) is 52.7 Å². The van der Waals surface area contributed by atoms with Gasteiger partial charge in [-0.3, -0.25) is 9.59 Å². The van der Waals surface area contributed by atoms with Gasteiger partial charge >= 0.3 is 0 Å². The molecule has 1 N–H and O–H groups in total. The minimum atomic E-state index is -0.259. The molecule has 2 saturated heterocycles. The summed E-state index contributed by atoms with van der Waals surface area (Å²) in [5.74, 6) is 1.58. The lowest BCUT2D eigenvalue weighted by Gasteiger charge is -2.40. The van der Waals surface area contributed by atoms with Gasteiger partial charge in [-0.15, -0.1) is 24.2 Å². The molecular weight excluding hydrogens is 298 g/mol. The van der Waals surface area contributed by atoms with E-state index in [0.717, 1.165) is 18.8 Å². The molecule has 0 aromatic carbocycles. The van der Waals surface area contributed by atoms with E-state index in [0.29, 0.717) is 18.3 Å². The summed E-state index contributed by atoms with van der Waals surface area (Å²) in [4.78, 5) is 28.2. The van der Waals surface area contributed by atoms with Crippen molar-refractivity contribution in [2.45, 2.75) is 45.3 Å². The molecule has 116 valence electrons. The fraction of sp³-hybridized carbons (Fsp3) is 0.846. The molecule has 0 aliphatic carbocycles. The third-order valence-corrected chi connectivity index (χ3v) is 5.12. The predicted octanol–water partition coefficient (Wildman–Crippen LogP) is 0.928. The second-order valence-corrected chi connectivity index (χ2v) is 6.25. The molecule has 3 unspecified atom stereocenters. The number of hydrogen-bond acceptors (Lipinski definition) is 4. The van der Waals surface area contributed by atoms with Crippen molar-refractivity contribution in [3.05, 3.63) is 0 Å². The largest absolute Gasteiger partial charge is 0.335 e. The van der Waals surface area contributed by atoms with E-state index in [1.54, 1.807) is 16.7 Å². The Labute approximate surface area is 131 Å². The van der Waals surface area contributed by atoms with Crippen LogP contribution in [0.4, 0.5) is 0 Å². The quantitative estimate of drug-likeness (QED) is 0.822. The van der Waals surface area contributed by atoms with Crippen molar-refractivity contribution in [2.75, 3.05) is 24.7 Å². The number of hydrogen-bond donors (Lipinski definition) is 1. The van der Waals surface area contributed by atoms with E-state index in [1.165, 1.54) is 0 Å². The smallest absolute Gasteiger partial charge is 0.246 e. The van der Waals surface area contributed by atoms with Crippen molar-refractivity contribution in [1.29, 1.82) is 0 Å². The Bertz CT molecular complexity index is 370. The van der Waals surface area contributed by atoms with Crippen molar-refractivity contribution in [3.8, 4) is 0 Å². The van der Waals surface area contributed by atoms with Gasteiger partial charge in [0.15, 0.2) is 0 Å². The van der Waals surface area contributed by atoms with Crippen LogP contribution in [-0.4, -0.2) is 64.5 Å². The van der Waals surface area contributed by atoms with Crippen LogP contribution in [0, 0.1) is 0 Å². The fourth-order valence-electron chi connectivity index (χ4n) is 2.66. The van der Waals surface area contributed by atoms with Crippen LogP contribution in [0.5, 0.6) is 0 Å². The fourth-order valence-corrected chi connectivity index (χ4v) is 3.83. The normalized spacial score (nSPS) is 30.1. The van der Waals surface area contributed by atoms with Gasteiger partial charge in [-0.05, 0) is 13.8 Å². The first-order valence-electron chi connectivity index (χ1n) is 6.97. The maximum Gasteiger partial charge on any atom is 0.246 e. The van der Waals surface area contributed by atoms with Crippen LogP contribution in [0.25, 0.3) is 0 Å². The molecule has 0 aromatic rings. The first-order valence-corrected chi connectivity index (χ1v) is 8.12. The summed E-state index contributed by atoms with van der Waals surface area (Å²) < 4.78 is 0. The molecule has 0 saturated carbocycles. The minimum Gasteiger partial charge on any atom is -0.335 e. The van der Waals surface area contributed by atoms with E-state index in [1.807, 2.05) is 11.8 Å². The van der Waals surface area contributed by atoms with E-state index in [9.17, 15) is 9.59 Å². The highest BCUT2D eigenvalue weighted by molar-refractivity contribution is 7.99. The highest BCUT2D eigenvalue weighted by Gasteiger charge is 2.39. The van der Waals surface area contributed by atoms with Crippen molar-refractivity contribution >= 4 is 36.0 Å². The van der Waals surface area contributed by atoms with Crippen molar-refractivity contribution < 1.29 is 9.59 Å². The molecule has 2 aliphatic heterocycles. The summed E-state index contributed by atoms with van der Waals surface area (Å²) in [6, 6.07) is 0.234. The maximum absolute atomic E-state index is 12.7. The lowest BCUT2D eigenvalue weighted by atomic mass is 10.1. The number of rotatable bonds is 2. The number of carbonyl (C=O) groups excluding carboxylic acids is 2. The molecule has 0 radical (unpaired) electrons. The second kappa shape index (κ2) is 7.52. The van der Waals surface area contributed by atoms with Crippen molar-refractivity contribution in [1.82, 2.24) is 15.1 Å². The lowest BCUT2D eigenvalue weighted by molar-refractivity contribution is -0.145. The third-order valence-electron chi connectivity index (χ3n) is 4.11. The molecule has 0 bridgehead atoms. The van der Waals surface area contributed by atoms with Crippen LogP contribution in [0.1, 0.15) is 27.2 Å². The average molecular weight is 322 g/mol.